The predicted molar refractivity (Wildman–Crippen MR) is 102 cm³/mol. The molecule has 0 aliphatic carbocycles. The first kappa shape index (κ1) is 20.6. The van der Waals surface area contributed by atoms with E-state index >= 15 is 0 Å². The van der Waals surface area contributed by atoms with Crippen LogP contribution in [0.3, 0.4) is 0 Å². The van der Waals surface area contributed by atoms with Crippen LogP contribution in [0.15, 0.2) is 43.5 Å². The molecule has 0 aromatic heterocycles. The average Bonchev–Trinajstić information content (AvgIpc) is 2.65. The maximum absolute atomic E-state index is 14.3. The van der Waals surface area contributed by atoms with Crippen LogP contribution in [0.1, 0.15) is 12.0 Å². The van der Waals surface area contributed by atoms with Gasteiger partial charge < -0.3 is 15.0 Å². The number of amides is 2. The second-order valence-corrected chi connectivity index (χ2v) is 6.31. The van der Waals surface area contributed by atoms with Crippen LogP contribution < -0.4 is 10.1 Å². The van der Waals surface area contributed by atoms with Crippen LogP contribution in [0, 0.1) is 5.82 Å². The Kier molecular flexibility index (Phi) is 7.55. The number of carbonyl (C=O) groups is 2. The summed E-state index contributed by atoms with van der Waals surface area (Å²) in [6.07, 6.45) is 3.28. The SMILES string of the molecule is C=CCN(CC=C)C(=O)C[C@@H]1C(=O)NCCN1Cc1ccc(OC)cc1F. The summed E-state index contributed by atoms with van der Waals surface area (Å²) >= 11 is 0. The van der Waals surface area contributed by atoms with Gasteiger partial charge in [0.15, 0.2) is 0 Å². The summed E-state index contributed by atoms with van der Waals surface area (Å²) < 4.78 is 19.3. The standard InChI is InChI=1S/C20H26FN3O3/c1-4-9-23(10-5-2)19(25)13-18-20(26)22-8-11-24(18)14-15-6-7-16(27-3)12-17(15)21/h4-7,12,18H,1-2,8-11,13-14H2,3H3,(H,22,26)/t18-/m1/s1. The molecule has 146 valence electrons. The lowest BCUT2D eigenvalue weighted by atomic mass is 10.1. The number of carbonyl (C=O) groups excluding carboxylic acids is 2. The van der Waals surface area contributed by atoms with E-state index in [1.165, 1.54) is 13.2 Å². The zero-order valence-corrected chi connectivity index (χ0v) is 15.6. The van der Waals surface area contributed by atoms with Crippen molar-refractivity contribution in [3.8, 4) is 5.75 Å². The van der Waals surface area contributed by atoms with Gasteiger partial charge in [0.2, 0.25) is 11.8 Å². The van der Waals surface area contributed by atoms with E-state index in [4.69, 9.17) is 4.74 Å². The largest absolute Gasteiger partial charge is 0.497 e. The molecule has 6 nitrogen and oxygen atoms in total. The van der Waals surface area contributed by atoms with Crippen LogP contribution in [0.4, 0.5) is 4.39 Å². The topological polar surface area (TPSA) is 61.9 Å². The number of nitrogens with one attached hydrogen (secondary N) is 1. The highest BCUT2D eigenvalue weighted by atomic mass is 19.1. The van der Waals surface area contributed by atoms with Crippen LogP contribution in [0.25, 0.3) is 0 Å². The van der Waals surface area contributed by atoms with Crippen LogP contribution >= 0.6 is 0 Å². The molecule has 1 heterocycles. The van der Waals surface area contributed by atoms with Gasteiger partial charge in [-0.1, -0.05) is 18.2 Å². The van der Waals surface area contributed by atoms with Gasteiger partial charge in [-0.2, -0.15) is 0 Å². The third-order valence-corrected chi connectivity index (χ3v) is 4.49. The Balaban J connectivity index is 2.14. The monoisotopic (exact) mass is 375 g/mol. The van der Waals surface area contributed by atoms with E-state index < -0.39 is 11.9 Å². The number of hydrogen-bond donors (Lipinski definition) is 1. The number of nitrogens with zero attached hydrogens (tertiary/aromatic N) is 2. The minimum Gasteiger partial charge on any atom is -0.497 e. The summed E-state index contributed by atoms with van der Waals surface area (Å²) in [5.74, 6) is -0.355. The Labute approximate surface area is 159 Å². The number of hydrogen-bond acceptors (Lipinski definition) is 4. The Morgan fingerprint density at radius 3 is 2.70 bits per heavy atom. The van der Waals surface area contributed by atoms with Gasteiger partial charge in [0.1, 0.15) is 11.6 Å². The predicted octanol–water partition coefficient (Wildman–Crippen LogP) is 1.73. The first-order chi connectivity index (χ1) is 13.0. The van der Waals surface area contributed by atoms with Gasteiger partial charge in [-0.15, -0.1) is 13.2 Å². The first-order valence-corrected chi connectivity index (χ1v) is 8.83. The molecule has 0 unspecified atom stereocenters. The van der Waals surface area contributed by atoms with Gasteiger partial charge >= 0.3 is 0 Å². The molecule has 0 spiro atoms. The van der Waals surface area contributed by atoms with E-state index in [0.29, 0.717) is 37.5 Å². The van der Waals surface area contributed by atoms with Crippen molar-refractivity contribution in [3.05, 3.63) is 54.9 Å². The molecule has 1 N–H and O–H groups in total. The van der Waals surface area contributed by atoms with Crippen molar-refractivity contribution in [1.82, 2.24) is 15.1 Å². The lowest BCUT2D eigenvalue weighted by molar-refractivity contribution is -0.138. The quantitative estimate of drug-likeness (QED) is 0.668. The van der Waals surface area contributed by atoms with Crippen molar-refractivity contribution >= 4 is 11.8 Å². The minimum atomic E-state index is -0.648. The summed E-state index contributed by atoms with van der Waals surface area (Å²) in [6, 6.07) is 3.99. The number of rotatable bonds is 9. The summed E-state index contributed by atoms with van der Waals surface area (Å²) in [7, 11) is 1.48. The second-order valence-electron chi connectivity index (χ2n) is 6.31. The Morgan fingerprint density at radius 2 is 2.11 bits per heavy atom. The summed E-state index contributed by atoms with van der Waals surface area (Å²) in [5.41, 5.74) is 0.456. The molecule has 1 aliphatic rings. The third kappa shape index (κ3) is 5.40. The van der Waals surface area contributed by atoms with Gasteiger partial charge in [0.05, 0.1) is 19.6 Å². The summed E-state index contributed by atoms with van der Waals surface area (Å²) in [5, 5.41) is 2.78. The van der Waals surface area contributed by atoms with Gasteiger partial charge in [-0.25, -0.2) is 4.39 Å². The van der Waals surface area contributed by atoms with Crippen molar-refractivity contribution in [3.63, 3.8) is 0 Å². The molecule has 0 saturated carbocycles. The van der Waals surface area contributed by atoms with E-state index in [2.05, 4.69) is 18.5 Å². The molecule has 2 amide bonds. The molecule has 1 aromatic rings. The molecular formula is C20H26FN3O3. The van der Waals surface area contributed by atoms with Gasteiger partial charge in [-0.05, 0) is 6.07 Å². The Bertz CT molecular complexity index is 698. The number of ether oxygens (including phenoxy) is 1. The summed E-state index contributed by atoms with van der Waals surface area (Å²) in [4.78, 5) is 28.4. The lowest BCUT2D eigenvalue weighted by Crippen LogP contribution is -2.56. The Morgan fingerprint density at radius 1 is 1.41 bits per heavy atom. The zero-order chi connectivity index (χ0) is 19.8. The fourth-order valence-corrected chi connectivity index (χ4v) is 3.06. The molecule has 2 rings (SSSR count). The van der Waals surface area contributed by atoms with Crippen molar-refractivity contribution in [2.75, 3.05) is 33.3 Å². The normalized spacial score (nSPS) is 17.1. The Hall–Kier alpha value is -2.67. The van der Waals surface area contributed by atoms with Crippen LogP contribution in [-0.2, 0) is 16.1 Å². The number of piperazine rings is 1. The maximum Gasteiger partial charge on any atom is 0.237 e. The zero-order valence-electron chi connectivity index (χ0n) is 15.6. The first-order valence-electron chi connectivity index (χ1n) is 8.83. The highest BCUT2D eigenvalue weighted by Crippen LogP contribution is 2.20. The molecule has 0 bridgehead atoms. The number of methoxy groups -OCH3 is 1. The molecule has 27 heavy (non-hydrogen) atoms. The van der Waals surface area contributed by atoms with E-state index in [1.807, 2.05) is 4.90 Å². The molecule has 1 aliphatic heterocycles. The van der Waals surface area contributed by atoms with E-state index in [1.54, 1.807) is 29.2 Å². The minimum absolute atomic E-state index is 0.0191. The highest BCUT2D eigenvalue weighted by Gasteiger charge is 2.33. The summed E-state index contributed by atoms with van der Waals surface area (Å²) in [6.45, 7) is 9.31. The molecule has 1 aromatic carbocycles. The third-order valence-electron chi connectivity index (χ3n) is 4.49. The van der Waals surface area contributed by atoms with Crippen molar-refractivity contribution in [1.29, 1.82) is 0 Å². The van der Waals surface area contributed by atoms with Gasteiger partial charge in [-0.3, -0.25) is 14.5 Å². The smallest absolute Gasteiger partial charge is 0.237 e. The fraction of sp³-hybridized carbons (Fsp3) is 0.400. The van der Waals surface area contributed by atoms with Gasteiger partial charge in [0.25, 0.3) is 0 Å². The van der Waals surface area contributed by atoms with Crippen molar-refractivity contribution in [2.45, 2.75) is 19.0 Å². The van der Waals surface area contributed by atoms with Gasteiger partial charge in [0, 0.05) is 44.4 Å². The average molecular weight is 375 g/mol. The van der Waals surface area contributed by atoms with Crippen molar-refractivity contribution in [2.24, 2.45) is 0 Å². The highest BCUT2D eigenvalue weighted by molar-refractivity contribution is 5.89. The van der Waals surface area contributed by atoms with E-state index in [-0.39, 0.29) is 24.8 Å². The molecule has 0 radical (unpaired) electrons. The second kappa shape index (κ2) is 9.87. The van der Waals surface area contributed by atoms with E-state index in [9.17, 15) is 14.0 Å². The molecule has 1 saturated heterocycles. The lowest BCUT2D eigenvalue weighted by Gasteiger charge is -2.35. The van der Waals surface area contributed by atoms with Crippen LogP contribution in [0.5, 0.6) is 5.75 Å². The van der Waals surface area contributed by atoms with E-state index in [0.717, 1.165) is 0 Å². The van der Waals surface area contributed by atoms with Crippen LogP contribution in [-0.4, -0.2) is 60.9 Å². The molecule has 7 heteroatoms. The number of benzene rings is 1. The molecule has 1 atom stereocenters. The molecule has 1 fully saturated rings. The fourth-order valence-electron chi connectivity index (χ4n) is 3.06. The molecular weight excluding hydrogens is 349 g/mol. The van der Waals surface area contributed by atoms with Crippen LogP contribution in [0.2, 0.25) is 0 Å². The number of halogens is 1. The maximum atomic E-state index is 14.3. The van der Waals surface area contributed by atoms with Crippen molar-refractivity contribution < 1.29 is 18.7 Å².